The second-order valence-electron chi connectivity index (χ2n) is 6.78. The predicted octanol–water partition coefficient (Wildman–Crippen LogP) is 1.86. The van der Waals surface area contributed by atoms with Gasteiger partial charge in [0.1, 0.15) is 0 Å². The molecule has 1 heterocycles. The topological polar surface area (TPSA) is 73.8 Å². The Bertz CT molecular complexity index is 472. The van der Waals surface area contributed by atoms with Crippen LogP contribution in [0.4, 0.5) is 0 Å². The molecule has 0 aliphatic carbocycles. The van der Waals surface area contributed by atoms with E-state index in [4.69, 9.17) is 0 Å². The standard InChI is InChI=1S/C16H34N4O2S.HI/c1-6-17-16(19-15-8-11-23(21,22)12-15)18-9-7-10-20(13(2)3)14(4)5;/h13-15H,6-12H2,1-5H3,(H2,17,18,19);1H. The summed E-state index contributed by atoms with van der Waals surface area (Å²) in [4.78, 5) is 7.05. The second kappa shape index (κ2) is 11.5. The Kier molecular flexibility index (Phi) is 11.5. The maximum atomic E-state index is 11.5. The molecule has 0 aromatic carbocycles. The summed E-state index contributed by atoms with van der Waals surface area (Å²) in [6.07, 6.45) is 1.66. The lowest BCUT2D eigenvalue weighted by Crippen LogP contribution is -2.44. The minimum Gasteiger partial charge on any atom is -0.357 e. The smallest absolute Gasteiger partial charge is 0.191 e. The minimum atomic E-state index is -2.86. The van der Waals surface area contributed by atoms with Crippen LogP contribution in [0.1, 0.15) is 47.5 Å². The molecule has 1 rings (SSSR count). The summed E-state index contributed by atoms with van der Waals surface area (Å²) in [6, 6.07) is 1.06. The van der Waals surface area contributed by atoms with Crippen molar-refractivity contribution in [2.24, 2.45) is 4.99 Å². The number of nitrogens with zero attached hydrogens (tertiary/aromatic N) is 2. The molecule has 1 aliphatic rings. The highest BCUT2D eigenvalue weighted by Crippen LogP contribution is 2.11. The molecular formula is C16H35IN4O2S. The predicted molar refractivity (Wildman–Crippen MR) is 113 cm³/mol. The number of rotatable bonds is 8. The Balaban J connectivity index is 0.00000529. The molecule has 1 saturated heterocycles. The summed E-state index contributed by atoms with van der Waals surface area (Å²) < 4.78 is 23.1. The van der Waals surface area contributed by atoms with Gasteiger partial charge in [-0.1, -0.05) is 0 Å². The molecule has 2 N–H and O–H groups in total. The third-order valence-electron chi connectivity index (χ3n) is 4.09. The van der Waals surface area contributed by atoms with Crippen LogP contribution in [0.25, 0.3) is 0 Å². The van der Waals surface area contributed by atoms with Crippen molar-refractivity contribution in [3.05, 3.63) is 0 Å². The fourth-order valence-electron chi connectivity index (χ4n) is 2.98. The van der Waals surface area contributed by atoms with Crippen LogP contribution >= 0.6 is 24.0 Å². The highest BCUT2D eigenvalue weighted by Gasteiger charge is 2.28. The van der Waals surface area contributed by atoms with E-state index in [0.29, 0.717) is 18.5 Å². The van der Waals surface area contributed by atoms with E-state index in [1.807, 2.05) is 6.92 Å². The molecular weight excluding hydrogens is 439 g/mol. The molecule has 0 aromatic heterocycles. The van der Waals surface area contributed by atoms with Crippen LogP contribution in [-0.2, 0) is 9.84 Å². The van der Waals surface area contributed by atoms with Gasteiger partial charge in [-0.2, -0.15) is 0 Å². The quantitative estimate of drug-likeness (QED) is 0.243. The molecule has 144 valence electrons. The van der Waals surface area contributed by atoms with Crippen LogP contribution in [0.5, 0.6) is 0 Å². The fourth-order valence-corrected chi connectivity index (χ4v) is 4.65. The van der Waals surface area contributed by atoms with E-state index in [1.165, 1.54) is 0 Å². The highest BCUT2D eigenvalue weighted by atomic mass is 127. The monoisotopic (exact) mass is 474 g/mol. The number of hydrogen-bond donors (Lipinski definition) is 2. The van der Waals surface area contributed by atoms with Crippen LogP contribution < -0.4 is 10.6 Å². The van der Waals surface area contributed by atoms with Gasteiger partial charge in [-0.05, 0) is 47.5 Å². The van der Waals surface area contributed by atoms with Crippen LogP contribution in [0.3, 0.4) is 0 Å². The number of hydrogen-bond acceptors (Lipinski definition) is 4. The molecule has 0 spiro atoms. The molecule has 1 unspecified atom stereocenters. The Hall–Kier alpha value is -0.0900. The van der Waals surface area contributed by atoms with Crippen LogP contribution in [0.2, 0.25) is 0 Å². The van der Waals surface area contributed by atoms with Gasteiger partial charge < -0.3 is 10.6 Å². The van der Waals surface area contributed by atoms with Crippen molar-refractivity contribution in [1.29, 1.82) is 0 Å². The summed E-state index contributed by atoms with van der Waals surface area (Å²) >= 11 is 0. The van der Waals surface area contributed by atoms with E-state index in [0.717, 1.165) is 32.0 Å². The van der Waals surface area contributed by atoms with Gasteiger partial charge in [0, 0.05) is 37.8 Å². The van der Waals surface area contributed by atoms with Crippen molar-refractivity contribution in [3.8, 4) is 0 Å². The van der Waals surface area contributed by atoms with Gasteiger partial charge in [0.25, 0.3) is 0 Å². The lowest BCUT2D eigenvalue weighted by Gasteiger charge is -2.30. The van der Waals surface area contributed by atoms with Gasteiger partial charge >= 0.3 is 0 Å². The van der Waals surface area contributed by atoms with Gasteiger partial charge in [0.15, 0.2) is 15.8 Å². The Morgan fingerprint density at radius 3 is 2.33 bits per heavy atom. The molecule has 0 aromatic rings. The van der Waals surface area contributed by atoms with Gasteiger partial charge in [-0.25, -0.2) is 8.42 Å². The average molecular weight is 474 g/mol. The molecule has 0 radical (unpaired) electrons. The van der Waals surface area contributed by atoms with Crippen molar-refractivity contribution < 1.29 is 8.42 Å². The second-order valence-corrected chi connectivity index (χ2v) is 9.01. The maximum Gasteiger partial charge on any atom is 0.191 e. The number of nitrogens with one attached hydrogen (secondary N) is 2. The van der Waals surface area contributed by atoms with Crippen molar-refractivity contribution in [1.82, 2.24) is 15.5 Å². The van der Waals surface area contributed by atoms with E-state index in [9.17, 15) is 8.42 Å². The number of guanidine groups is 1. The first-order valence-electron chi connectivity index (χ1n) is 8.76. The Morgan fingerprint density at radius 1 is 1.25 bits per heavy atom. The average Bonchev–Trinajstić information content (AvgIpc) is 2.76. The summed E-state index contributed by atoms with van der Waals surface area (Å²) in [7, 11) is -2.86. The van der Waals surface area contributed by atoms with E-state index < -0.39 is 9.84 Å². The molecule has 0 saturated carbocycles. The van der Waals surface area contributed by atoms with Gasteiger partial charge in [0.2, 0.25) is 0 Å². The third kappa shape index (κ3) is 8.84. The third-order valence-corrected chi connectivity index (χ3v) is 5.86. The van der Waals surface area contributed by atoms with E-state index in [1.54, 1.807) is 0 Å². The van der Waals surface area contributed by atoms with Crippen LogP contribution in [0, 0.1) is 0 Å². The summed E-state index contributed by atoms with van der Waals surface area (Å²) in [5.74, 6) is 1.23. The summed E-state index contributed by atoms with van der Waals surface area (Å²) in [5, 5.41) is 6.45. The SMILES string of the molecule is CCNC(=NCCCN(C(C)C)C(C)C)NC1CCS(=O)(=O)C1.I. The molecule has 8 heteroatoms. The van der Waals surface area contributed by atoms with Crippen LogP contribution in [0.15, 0.2) is 4.99 Å². The highest BCUT2D eigenvalue weighted by molar-refractivity contribution is 14.0. The fraction of sp³-hybridized carbons (Fsp3) is 0.938. The normalized spacial score (nSPS) is 20.5. The number of halogens is 1. The number of aliphatic imine (C=N–C) groups is 1. The van der Waals surface area contributed by atoms with Crippen molar-refractivity contribution in [2.75, 3.05) is 31.1 Å². The first kappa shape index (κ1) is 23.9. The molecule has 6 nitrogen and oxygen atoms in total. The van der Waals surface area contributed by atoms with E-state index in [2.05, 4.69) is 48.2 Å². The number of sulfone groups is 1. The zero-order valence-electron chi connectivity index (χ0n) is 15.7. The molecule has 1 aliphatic heterocycles. The Labute approximate surface area is 165 Å². The van der Waals surface area contributed by atoms with Gasteiger partial charge in [-0.3, -0.25) is 9.89 Å². The Morgan fingerprint density at radius 2 is 1.88 bits per heavy atom. The molecule has 1 fully saturated rings. The maximum absolute atomic E-state index is 11.5. The summed E-state index contributed by atoms with van der Waals surface area (Å²) in [6.45, 7) is 13.4. The van der Waals surface area contributed by atoms with Gasteiger partial charge in [-0.15, -0.1) is 24.0 Å². The molecule has 1 atom stereocenters. The van der Waals surface area contributed by atoms with Crippen molar-refractivity contribution in [2.45, 2.75) is 65.6 Å². The first-order chi connectivity index (χ1) is 10.7. The first-order valence-corrected chi connectivity index (χ1v) is 10.6. The van der Waals surface area contributed by atoms with E-state index in [-0.39, 0.29) is 41.5 Å². The minimum absolute atomic E-state index is 0. The molecule has 0 bridgehead atoms. The lowest BCUT2D eigenvalue weighted by atomic mass is 10.2. The zero-order valence-corrected chi connectivity index (χ0v) is 18.9. The van der Waals surface area contributed by atoms with Crippen molar-refractivity contribution >= 4 is 39.8 Å². The van der Waals surface area contributed by atoms with Gasteiger partial charge in [0.05, 0.1) is 11.5 Å². The zero-order chi connectivity index (χ0) is 17.5. The van der Waals surface area contributed by atoms with Crippen molar-refractivity contribution in [3.63, 3.8) is 0 Å². The summed E-state index contributed by atoms with van der Waals surface area (Å²) in [5.41, 5.74) is 0. The molecule has 24 heavy (non-hydrogen) atoms. The van der Waals surface area contributed by atoms with E-state index >= 15 is 0 Å². The molecule has 0 amide bonds. The lowest BCUT2D eigenvalue weighted by molar-refractivity contribution is 0.174. The van der Waals surface area contributed by atoms with Crippen LogP contribution in [-0.4, -0.2) is 68.5 Å². The largest absolute Gasteiger partial charge is 0.357 e.